The molecule has 0 radical (unpaired) electrons. The van der Waals surface area contributed by atoms with Crippen LogP contribution in [0.15, 0.2) is 0 Å². The molecule has 0 bridgehead atoms. The van der Waals surface area contributed by atoms with Gasteiger partial charge in [-0.2, -0.15) is 4.98 Å². The Morgan fingerprint density at radius 1 is 0.889 bits per heavy atom. The molecule has 1 aliphatic heterocycles. The van der Waals surface area contributed by atoms with Crippen LogP contribution < -0.4 is 16.0 Å². The summed E-state index contributed by atoms with van der Waals surface area (Å²) in [7, 11) is 0. The van der Waals surface area contributed by atoms with E-state index in [-0.39, 0.29) is 16.2 Å². The molecule has 1 aromatic rings. The van der Waals surface area contributed by atoms with E-state index in [1.807, 2.05) is 0 Å². The van der Waals surface area contributed by atoms with E-state index in [4.69, 9.17) is 15.7 Å². The minimum Gasteiger partial charge on any atom is -0.368 e. The number of nitrogens with one attached hydrogen (secondary N) is 1. The summed E-state index contributed by atoms with van der Waals surface area (Å²) in [6, 6.07) is 0. The third kappa shape index (κ3) is 3.67. The maximum Gasteiger partial charge on any atom is 0.222 e. The molecule has 1 aromatic heterocycles. The molecule has 4 rings (SSSR count). The summed E-state index contributed by atoms with van der Waals surface area (Å²) in [6.45, 7) is 13.4. The van der Waals surface area contributed by atoms with Gasteiger partial charge < -0.3 is 16.0 Å². The Balaban J connectivity index is 1.79. The number of nitrogens with two attached hydrogens (primary N) is 1. The van der Waals surface area contributed by atoms with Crippen LogP contribution in [0.4, 0.5) is 11.8 Å². The quantitative estimate of drug-likeness (QED) is 0.788. The second-order valence-electron chi connectivity index (χ2n) is 10.9. The van der Waals surface area contributed by atoms with Crippen molar-refractivity contribution in [3.63, 3.8) is 0 Å². The van der Waals surface area contributed by atoms with Gasteiger partial charge in [0.1, 0.15) is 5.82 Å². The molecule has 2 heterocycles. The van der Waals surface area contributed by atoms with Crippen LogP contribution in [0, 0.1) is 10.8 Å². The van der Waals surface area contributed by atoms with Gasteiger partial charge in [0.25, 0.3) is 0 Å². The van der Waals surface area contributed by atoms with Crippen LogP contribution in [0.5, 0.6) is 0 Å². The average Bonchev–Trinajstić information content (AvgIpc) is 3.02. The molecule has 0 atom stereocenters. The predicted molar refractivity (Wildman–Crippen MR) is 112 cm³/mol. The Bertz CT molecular complexity index is 685. The summed E-state index contributed by atoms with van der Waals surface area (Å²) in [5.41, 5.74) is 9.65. The first-order chi connectivity index (χ1) is 12.7. The van der Waals surface area contributed by atoms with Crippen LogP contribution in [-0.2, 0) is 11.8 Å². The van der Waals surface area contributed by atoms with Gasteiger partial charge in [0.2, 0.25) is 5.95 Å². The van der Waals surface area contributed by atoms with Crippen LogP contribution in [0.25, 0.3) is 0 Å². The first-order valence-corrected chi connectivity index (χ1v) is 10.8. The van der Waals surface area contributed by atoms with E-state index in [1.165, 1.54) is 49.8 Å². The van der Waals surface area contributed by atoms with Gasteiger partial charge in [-0.25, -0.2) is 4.98 Å². The zero-order valence-corrected chi connectivity index (χ0v) is 17.7. The lowest BCUT2D eigenvalue weighted by molar-refractivity contribution is 0.248. The Labute approximate surface area is 164 Å². The van der Waals surface area contributed by atoms with Crippen molar-refractivity contribution in [2.75, 3.05) is 36.8 Å². The summed E-state index contributed by atoms with van der Waals surface area (Å²) in [6.07, 6.45) is 8.84. The molecule has 2 aliphatic carbocycles. The molecule has 1 saturated heterocycles. The number of anilines is 2. The lowest BCUT2D eigenvalue weighted by Gasteiger charge is -2.44. The number of nitrogens with zero attached hydrogens (tertiary/aromatic N) is 3. The normalized spacial score (nSPS) is 26.4. The van der Waals surface area contributed by atoms with E-state index in [9.17, 15) is 0 Å². The van der Waals surface area contributed by atoms with Gasteiger partial charge in [-0.1, -0.05) is 40.5 Å². The number of aromatic nitrogens is 2. The summed E-state index contributed by atoms with van der Waals surface area (Å²) >= 11 is 0. The summed E-state index contributed by atoms with van der Waals surface area (Å²) in [5, 5.41) is 3.67. The van der Waals surface area contributed by atoms with E-state index in [1.54, 1.807) is 0 Å². The van der Waals surface area contributed by atoms with Gasteiger partial charge in [0.15, 0.2) is 0 Å². The molecule has 5 nitrogen and oxygen atoms in total. The van der Waals surface area contributed by atoms with Crippen molar-refractivity contribution in [1.82, 2.24) is 15.3 Å². The predicted octanol–water partition coefficient (Wildman–Crippen LogP) is 3.67. The topological polar surface area (TPSA) is 67.1 Å². The SMILES string of the molecule is CC1(C)CNCC(C)(C)CN(c2nc(N)nc3c2CCCC32CCCC2)C1. The van der Waals surface area contributed by atoms with Crippen molar-refractivity contribution in [1.29, 1.82) is 0 Å². The third-order valence-corrected chi connectivity index (χ3v) is 6.89. The van der Waals surface area contributed by atoms with E-state index >= 15 is 0 Å². The van der Waals surface area contributed by atoms with Gasteiger partial charge in [-0.3, -0.25) is 0 Å². The standard InChI is InChI=1S/C22H37N5/c1-20(2)12-24-13-21(3,4)15-27(14-20)18-16-8-7-11-22(9-5-6-10-22)17(16)25-19(23)26-18/h24H,5-15H2,1-4H3,(H2,23,25,26). The van der Waals surface area contributed by atoms with Gasteiger partial charge in [0, 0.05) is 37.2 Å². The van der Waals surface area contributed by atoms with E-state index in [0.717, 1.165) is 38.4 Å². The molecular weight excluding hydrogens is 334 g/mol. The van der Waals surface area contributed by atoms with E-state index in [0.29, 0.717) is 5.95 Å². The molecule has 3 aliphatic rings. The number of hydrogen-bond acceptors (Lipinski definition) is 5. The van der Waals surface area contributed by atoms with Crippen molar-refractivity contribution in [2.24, 2.45) is 10.8 Å². The summed E-state index contributed by atoms with van der Waals surface area (Å²) < 4.78 is 0. The first kappa shape index (κ1) is 19.0. The highest BCUT2D eigenvalue weighted by atomic mass is 15.2. The Kier molecular flexibility index (Phi) is 4.65. The number of rotatable bonds is 1. The highest BCUT2D eigenvalue weighted by molar-refractivity contribution is 5.55. The van der Waals surface area contributed by atoms with Crippen molar-refractivity contribution < 1.29 is 0 Å². The zero-order valence-electron chi connectivity index (χ0n) is 17.7. The number of fused-ring (bicyclic) bond motifs is 2. The smallest absolute Gasteiger partial charge is 0.222 e. The molecule has 5 heteroatoms. The number of nitrogen functional groups attached to an aromatic ring is 1. The minimum atomic E-state index is 0.197. The summed E-state index contributed by atoms with van der Waals surface area (Å²) in [5.74, 6) is 1.60. The van der Waals surface area contributed by atoms with Crippen molar-refractivity contribution in [3.05, 3.63) is 11.3 Å². The Hall–Kier alpha value is -1.36. The average molecular weight is 372 g/mol. The van der Waals surface area contributed by atoms with Gasteiger partial charge in [-0.15, -0.1) is 0 Å². The van der Waals surface area contributed by atoms with E-state index < -0.39 is 0 Å². The molecule has 3 N–H and O–H groups in total. The molecule has 1 saturated carbocycles. The highest BCUT2D eigenvalue weighted by Crippen LogP contribution is 2.50. The van der Waals surface area contributed by atoms with Crippen molar-refractivity contribution >= 4 is 11.8 Å². The summed E-state index contributed by atoms with van der Waals surface area (Å²) in [4.78, 5) is 12.2. The maximum atomic E-state index is 6.28. The molecule has 0 amide bonds. The fourth-order valence-corrected chi connectivity index (χ4v) is 5.77. The molecule has 0 unspecified atom stereocenters. The second-order valence-corrected chi connectivity index (χ2v) is 10.9. The fourth-order valence-electron chi connectivity index (χ4n) is 5.77. The van der Waals surface area contributed by atoms with Gasteiger partial charge >= 0.3 is 0 Å². The van der Waals surface area contributed by atoms with Crippen molar-refractivity contribution in [2.45, 2.75) is 78.1 Å². The number of hydrogen-bond donors (Lipinski definition) is 2. The second kappa shape index (κ2) is 6.61. The Morgan fingerprint density at radius 3 is 2.11 bits per heavy atom. The van der Waals surface area contributed by atoms with Crippen LogP contribution in [0.1, 0.15) is 77.5 Å². The maximum absolute atomic E-state index is 6.28. The van der Waals surface area contributed by atoms with Crippen LogP contribution in [-0.4, -0.2) is 36.1 Å². The highest BCUT2D eigenvalue weighted by Gasteiger charge is 2.43. The van der Waals surface area contributed by atoms with Crippen LogP contribution >= 0.6 is 0 Å². The lowest BCUT2D eigenvalue weighted by Crippen LogP contribution is -2.51. The lowest BCUT2D eigenvalue weighted by atomic mass is 9.71. The van der Waals surface area contributed by atoms with Crippen molar-refractivity contribution in [3.8, 4) is 0 Å². The molecule has 0 aromatic carbocycles. The first-order valence-electron chi connectivity index (χ1n) is 10.8. The monoisotopic (exact) mass is 371 g/mol. The zero-order chi connectivity index (χ0) is 19.3. The fraction of sp³-hybridized carbons (Fsp3) is 0.818. The van der Waals surface area contributed by atoms with Gasteiger partial charge in [0.05, 0.1) is 5.69 Å². The van der Waals surface area contributed by atoms with Crippen LogP contribution in [0.2, 0.25) is 0 Å². The largest absolute Gasteiger partial charge is 0.368 e. The molecule has 27 heavy (non-hydrogen) atoms. The van der Waals surface area contributed by atoms with Gasteiger partial charge in [-0.05, 0) is 42.9 Å². The molecule has 150 valence electrons. The Morgan fingerprint density at radius 2 is 1.48 bits per heavy atom. The third-order valence-electron chi connectivity index (χ3n) is 6.89. The van der Waals surface area contributed by atoms with Crippen LogP contribution in [0.3, 0.4) is 0 Å². The molecular formula is C22H37N5. The van der Waals surface area contributed by atoms with E-state index in [2.05, 4.69) is 37.9 Å². The molecule has 2 fully saturated rings. The minimum absolute atomic E-state index is 0.197. The molecule has 1 spiro atoms.